The maximum atomic E-state index is 8.90. The van der Waals surface area contributed by atoms with Gasteiger partial charge in [-0.1, -0.05) is 5.16 Å². The Balaban J connectivity index is 2.47. The number of aryl methyl sites for hydroxylation is 3. The Morgan fingerprint density at radius 3 is 2.50 bits per heavy atom. The Morgan fingerprint density at radius 1 is 1.25 bits per heavy atom. The quantitative estimate of drug-likeness (QED) is 0.295. The van der Waals surface area contributed by atoms with E-state index in [1.54, 1.807) is 12.4 Å². The molecule has 0 saturated heterocycles. The van der Waals surface area contributed by atoms with Crippen LogP contribution in [0.5, 0.6) is 0 Å². The Hall–Kier alpha value is -2.15. The lowest BCUT2D eigenvalue weighted by Crippen LogP contribution is -2.17. The molecule has 0 spiro atoms. The third kappa shape index (κ3) is 3.05. The highest BCUT2D eigenvalue weighted by Crippen LogP contribution is 2.28. The highest BCUT2D eigenvalue weighted by molar-refractivity contribution is 7.99. The molecule has 2 aromatic rings. The second-order valence-corrected chi connectivity index (χ2v) is 5.35. The van der Waals surface area contributed by atoms with Crippen molar-refractivity contribution in [3.8, 4) is 0 Å². The summed E-state index contributed by atoms with van der Waals surface area (Å²) < 4.78 is 0. The second kappa shape index (κ2) is 5.87. The number of pyridine rings is 1. The van der Waals surface area contributed by atoms with Crippen LogP contribution in [0.1, 0.15) is 22.4 Å². The second-order valence-electron chi connectivity index (χ2n) is 4.39. The van der Waals surface area contributed by atoms with Crippen LogP contribution in [0.15, 0.2) is 33.8 Å². The molecule has 0 fully saturated rings. The minimum atomic E-state index is 0.0320. The van der Waals surface area contributed by atoms with Crippen LogP contribution >= 0.6 is 11.8 Å². The van der Waals surface area contributed by atoms with E-state index in [4.69, 9.17) is 10.9 Å². The molecule has 0 saturated carbocycles. The highest BCUT2D eigenvalue weighted by Gasteiger charge is 2.15. The molecule has 0 aliphatic carbocycles. The van der Waals surface area contributed by atoms with Crippen LogP contribution < -0.4 is 5.73 Å². The number of amidine groups is 1. The molecule has 0 unspecified atom stereocenters. The van der Waals surface area contributed by atoms with Crippen molar-refractivity contribution in [2.45, 2.75) is 31.0 Å². The third-order valence-electron chi connectivity index (χ3n) is 2.62. The van der Waals surface area contributed by atoms with Gasteiger partial charge in [0.1, 0.15) is 5.03 Å². The average Bonchev–Trinajstić information content (AvgIpc) is 2.40. The Labute approximate surface area is 121 Å². The summed E-state index contributed by atoms with van der Waals surface area (Å²) in [7, 11) is 0. The van der Waals surface area contributed by atoms with Crippen LogP contribution in [-0.2, 0) is 0 Å². The molecule has 0 radical (unpaired) electrons. The Morgan fingerprint density at radius 2 is 1.90 bits per heavy atom. The zero-order chi connectivity index (χ0) is 14.7. The largest absolute Gasteiger partial charge is 0.409 e. The van der Waals surface area contributed by atoms with E-state index in [-0.39, 0.29) is 5.84 Å². The first-order valence-corrected chi connectivity index (χ1v) is 6.75. The molecule has 3 N–H and O–H groups in total. The molecule has 0 amide bonds. The van der Waals surface area contributed by atoms with Gasteiger partial charge in [-0.25, -0.2) is 15.0 Å². The van der Waals surface area contributed by atoms with Crippen LogP contribution in [0.2, 0.25) is 0 Å². The van der Waals surface area contributed by atoms with Gasteiger partial charge in [-0.15, -0.1) is 0 Å². The van der Waals surface area contributed by atoms with Gasteiger partial charge in [0.2, 0.25) is 0 Å². The van der Waals surface area contributed by atoms with Gasteiger partial charge < -0.3 is 10.9 Å². The monoisotopic (exact) mass is 289 g/mol. The summed E-state index contributed by atoms with van der Waals surface area (Å²) in [5, 5.41) is 13.2. The summed E-state index contributed by atoms with van der Waals surface area (Å²) in [6.07, 6.45) is 3.47. The van der Waals surface area contributed by atoms with Gasteiger partial charge in [-0.2, -0.15) is 0 Å². The molecule has 0 aliphatic rings. The molecule has 7 heteroatoms. The number of nitrogens with two attached hydrogens (primary N) is 1. The van der Waals surface area contributed by atoms with E-state index in [0.29, 0.717) is 15.7 Å². The first-order valence-electron chi connectivity index (χ1n) is 5.94. The summed E-state index contributed by atoms with van der Waals surface area (Å²) >= 11 is 1.29. The molecule has 104 valence electrons. The Kier molecular flexibility index (Phi) is 4.19. The molecule has 0 atom stereocenters. The van der Waals surface area contributed by atoms with Crippen molar-refractivity contribution in [2.24, 2.45) is 10.9 Å². The first kappa shape index (κ1) is 14.3. The van der Waals surface area contributed by atoms with Gasteiger partial charge in [-0.05, 0) is 49.7 Å². The summed E-state index contributed by atoms with van der Waals surface area (Å²) in [6.45, 7) is 5.70. The smallest absolute Gasteiger partial charge is 0.193 e. The summed E-state index contributed by atoms with van der Waals surface area (Å²) in [4.78, 5) is 12.9. The van der Waals surface area contributed by atoms with Crippen LogP contribution in [-0.4, -0.2) is 26.0 Å². The lowest BCUT2D eigenvalue weighted by atomic mass is 10.1. The SMILES string of the molecule is Cc1cnc(Sc2nc(C)cc(C)c2C(N)=NO)nc1. The summed E-state index contributed by atoms with van der Waals surface area (Å²) in [6, 6.07) is 1.88. The van der Waals surface area contributed by atoms with Crippen molar-refractivity contribution in [2.75, 3.05) is 0 Å². The van der Waals surface area contributed by atoms with E-state index in [0.717, 1.165) is 16.8 Å². The summed E-state index contributed by atoms with van der Waals surface area (Å²) in [5.41, 5.74) is 9.06. The fraction of sp³-hybridized carbons (Fsp3) is 0.231. The zero-order valence-corrected chi connectivity index (χ0v) is 12.3. The summed E-state index contributed by atoms with van der Waals surface area (Å²) in [5.74, 6) is 0.0320. The molecule has 0 aromatic carbocycles. The van der Waals surface area contributed by atoms with Crippen molar-refractivity contribution in [3.63, 3.8) is 0 Å². The highest BCUT2D eigenvalue weighted by atomic mass is 32.2. The molecular formula is C13H15N5OS. The number of nitrogens with zero attached hydrogens (tertiary/aromatic N) is 4. The third-order valence-corrected chi connectivity index (χ3v) is 3.50. The van der Waals surface area contributed by atoms with Crippen molar-refractivity contribution in [1.29, 1.82) is 0 Å². The average molecular weight is 289 g/mol. The van der Waals surface area contributed by atoms with Crippen LogP contribution in [0.25, 0.3) is 0 Å². The maximum absolute atomic E-state index is 8.90. The van der Waals surface area contributed by atoms with Crippen molar-refractivity contribution in [3.05, 3.63) is 40.8 Å². The molecule has 6 nitrogen and oxygen atoms in total. The van der Waals surface area contributed by atoms with E-state index >= 15 is 0 Å². The first-order chi connectivity index (χ1) is 9.51. The number of oxime groups is 1. The fourth-order valence-electron chi connectivity index (χ4n) is 1.76. The van der Waals surface area contributed by atoms with Crippen molar-refractivity contribution < 1.29 is 5.21 Å². The van der Waals surface area contributed by atoms with Gasteiger partial charge in [0, 0.05) is 18.1 Å². The minimum absolute atomic E-state index is 0.0320. The molecule has 0 bridgehead atoms. The fourth-order valence-corrected chi connectivity index (χ4v) is 2.70. The van der Waals surface area contributed by atoms with E-state index in [2.05, 4.69) is 20.1 Å². The number of hydrogen-bond acceptors (Lipinski definition) is 6. The molecular weight excluding hydrogens is 274 g/mol. The van der Waals surface area contributed by atoms with E-state index in [1.165, 1.54) is 11.8 Å². The predicted molar refractivity (Wildman–Crippen MR) is 77.1 cm³/mol. The lowest BCUT2D eigenvalue weighted by Gasteiger charge is -2.10. The van der Waals surface area contributed by atoms with Gasteiger partial charge >= 0.3 is 0 Å². The lowest BCUT2D eigenvalue weighted by molar-refractivity contribution is 0.318. The van der Waals surface area contributed by atoms with Crippen molar-refractivity contribution >= 4 is 17.6 Å². The van der Waals surface area contributed by atoms with Crippen LogP contribution in [0.3, 0.4) is 0 Å². The molecule has 2 rings (SSSR count). The normalized spacial score (nSPS) is 11.7. The molecule has 2 aromatic heterocycles. The van der Waals surface area contributed by atoms with Gasteiger partial charge in [-0.3, -0.25) is 0 Å². The van der Waals surface area contributed by atoms with Crippen LogP contribution in [0.4, 0.5) is 0 Å². The van der Waals surface area contributed by atoms with Gasteiger partial charge in [0.05, 0.1) is 5.56 Å². The molecule has 0 aliphatic heterocycles. The minimum Gasteiger partial charge on any atom is -0.409 e. The van der Waals surface area contributed by atoms with E-state index < -0.39 is 0 Å². The molecule has 20 heavy (non-hydrogen) atoms. The topological polar surface area (TPSA) is 97.3 Å². The maximum Gasteiger partial charge on any atom is 0.193 e. The number of aromatic nitrogens is 3. The van der Waals surface area contributed by atoms with Gasteiger partial charge in [0.25, 0.3) is 0 Å². The van der Waals surface area contributed by atoms with E-state index in [9.17, 15) is 0 Å². The number of hydrogen-bond donors (Lipinski definition) is 2. The Bertz CT molecular complexity index is 655. The van der Waals surface area contributed by atoms with Gasteiger partial charge in [0.15, 0.2) is 11.0 Å². The zero-order valence-electron chi connectivity index (χ0n) is 11.5. The number of rotatable bonds is 3. The standard InChI is InChI=1S/C13H15N5OS/c1-7-5-15-13(16-6-7)20-12-10(11(14)18-19)8(2)4-9(3)17-12/h4-6,19H,1-3H3,(H2,14,18). The predicted octanol–water partition coefficient (Wildman–Crippen LogP) is 2.04. The van der Waals surface area contributed by atoms with Crippen molar-refractivity contribution in [1.82, 2.24) is 15.0 Å². The van der Waals surface area contributed by atoms with Crippen LogP contribution in [0, 0.1) is 20.8 Å². The molecule has 2 heterocycles. The van der Waals surface area contributed by atoms with E-state index in [1.807, 2.05) is 26.8 Å².